The zero-order chi connectivity index (χ0) is 12.3. The van der Waals surface area contributed by atoms with E-state index in [2.05, 4.69) is 15.9 Å². The summed E-state index contributed by atoms with van der Waals surface area (Å²) in [6, 6.07) is 5.18. The Morgan fingerprint density at radius 3 is 2.50 bits per heavy atom. The van der Waals surface area contributed by atoms with Gasteiger partial charge in [-0.1, -0.05) is 6.07 Å². The number of halogens is 3. The molecule has 0 unspecified atom stereocenters. The van der Waals surface area contributed by atoms with E-state index in [1.807, 2.05) is 0 Å². The van der Waals surface area contributed by atoms with Gasteiger partial charge in [-0.15, -0.1) is 0 Å². The van der Waals surface area contributed by atoms with Gasteiger partial charge in [0.2, 0.25) is 0 Å². The number of rotatable bonds is 4. The molecule has 1 aromatic carbocycles. The first-order valence-corrected chi connectivity index (χ1v) is 5.68. The van der Waals surface area contributed by atoms with Crippen LogP contribution in [0, 0.1) is 0 Å². The molecule has 0 aliphatic rings. The smallest absolute Gasteiger partial charge is 0.255 e. The van der Waals surface area contributed by atoms with Crippen molar-refractivity contribution in [3.63, 3.8) is 0 Å². The van der Waals surface area contributed by atoms with Crippen LogP contribution >= 0.6 is 15.9 Å². The Labute approximate surface area is 102 Å². The minimum absolute atomic E-state index is 0.313. The average molecular weight is 294 g/mol. The van der Waals surface area contributed by atoms with Gasteiger partial charge in [0.25, 0.3) is 6.43 Å². The van der Waals surface area contributed by atoms with Gasteiger partial charge in [-0.25, -0.2) is 8.78 Å². The molecule has 0 aliphatic heterocycles. The summed E-state index contributed by atoms with van der Waals surface area (Å²) in [5.41, 5.74) is 1.44. The average Bonchev–Trinajstić information content (AvgIpc) is 2.15. The number of benzene rings is 1. The van der Waals surface area contributed by atoms with Gasteiger partial charge in [0.15, 0.2) is 0 Å². The molecule has 2 nitrogen and oxygen atoms in total. The zero-order valence-corrected chi connectivity index (χ0v) is 10.7. The van der Waals surface area contributed by atoms with Gasteiger partial charge in [-0.05, 0) is 40.5 Å². The van der Waals surface area contributed by atoms with Gasteiger partial charge in [0, 0.05) is 11.5 Å². The maximum Gasteiger partial charge on any atom is 0.255 e. The molecule has 1 N–H and O–H groups in total. The molecule has 1 aromatic rings. The van der Waals surface area contributed by atoms with Crippen LogP contribution in [0.15, 0.2) is 22.7 Å². The second-order valence-electron chi connectivity index (χ2n) is 3.66. The summed E-state index contributed by atoms with van der Waals surface area (Å²) in [7, 11) is 1.61. The minimum Gasteiger partial charge on any atom is -0.389 e. The number of aliphatic hydroxyl groups is 1. The summed E-state index contributed by atoms with van der Waals surface area (Å²) in [6.45, 7) is 1.34. The molecule has 16 heavy (non-hydrogen) atoms. The highest BCUT2D eigenvalue weighted by Gasteiger charge is 2.12. The van der Waals surface area contributed by atoms with Crippen LogP contribution in [0.5, 0.6) is 0 Å². The van der Waals surface area contributed by atoms with Gasteiger partial charge < -0.3 is 10.0 Å². The summed E-state index contributed by atoms with van der Waals surface area (Å²) in [5, 5.41) is 9.37. The Morgan fingerprint density at radius 1 is 1.44 bits per heavy atom. The van der Waals surface area contributed by atoms with Crippen LogP contribution in [0.2, 0.25) is 0 Å². The first-order chi connectivity index (χ1) is 7.41. The fourth-order valence-electron chi connectivity index (χ4n) is 1.40. The Kier molecular flexibility index (Phi) is 4.68. The molecule has 0 fully saturated rings. The highest BCUT2D eigenvalue weighted by atomic mass is 79.9. The number of aliphatic hydroxyl groups excluding tert-OH is 1. The molecule has 0 aromatic heterocycles. The Hall–Kier alpha value is -0.680. The Bertz CT molecular complexity index is 358. The number of hydrogen-bond acceptors (Lipinski definition) is 2. The maximum absolute atomic E-state index is 12.2. The molecule has 0 radical (unpaired) electrons. The van der Waals surface area contributed by atoms with Gasteiger partial charge >= 0.3 is 0 Å². The first kappa shape index (κ1) is 13.4. The standard InChI is InChI=1S/C11H14BrF2NO/c1-7(16)8-3-4-10(9(12)5-8)15(2)6-11(13)14/h3-5,7,11,16H,6H2,1-2H3/t7-/m1/s1. The van der Waals surface area contributed by atoms with E-state index >= 15 is 0 Å². The van der Waals surface area contributed by atoms with E-state index in [1.165, 1.54) is 4.90 Å². The van der Waals surface area contributed by atoms with Gasteiger partial charge in [-0.3, -0.25) is 0 Å². The third-order valence-electron chi connectivity index (χ3n) is 2.28. The molecule has 0 spiro atoms. The van der Waals surface area contributed by atoms with E-state index in [4.69, 9.17) is 0 Å². The van der Waals surface area contributed by atoms with Crippen molar-refractivity contribution >= 4 is 21.6 Å². The molecule has 5 heteroatoms. The highest BCUT2D eigenvalue weighted by molar-refractivity contribution is 9.10. The molecular weight excluding hydrogens is 280 g/mol. The fourth-order valence-corrected chi connectivity index (χ4v) is 2.10. The number of nitrogens with zero attached hydrogens (tertiary/aromatic N) is 1. The molecule has 0 bridgehead atoms. The van der Waals surface area contributed by atoms with Crippen LogP contribution in [0.25, 0.3) is 0 Å². The Balaban J connectivity index is 2.90. The van der Waals surface area contributed by atoms with E-state index in [-0.39, 0.29) is 6.54 Å². The number of alkyl halides is 2. The number of hydrogen-bond donors (Lipinski definition) is 1. The maximum atomic E-state index is 12.2. The summed E-state index contributed by atoms with van der Waals surface area (Å²) >= 11 is 3.31. The van der Waals surface area contributed by atoms with Gasteiger partial charge in [0.05, 0.1) is 18.3 Å². The van der Waals surface area contributed by atoms with Crippen LogP contribution < -0.4 is 4.90 Å². The molecular formula is C11H14BrF2NO. The van der Waals surface area contributed by atoms with Crippen molar-refractivity contribution in [1.29, 1.82) is 0 Å². The summed E-state index contributed by atoms with van der Waals surface area (Å²) < 4.78 is 25.1. The summed E-state index contributed by atoms with van der Waals surface area (Å²) in [5.74, 6) is 0. The van der Waals surface area contributed by atoms with Crippen molar-refractivity contribution in [2.24, 2.45) is 0 Å². The van der Waals surface area contributed by atoms with Gasteiger partial charge in [0.1, 0.15) is 0 Å². The normalized spacial score (nSPS) is 12.9. The minimum atomic E-state index is -2.37. The van der Waals surface area contributed by atoms with Gasteiger partial charge in [-0.2, -0.15) is 0 Å². The van der Waals surface area contributed by atoms with E-state index in [0.717, 1.165) is 5.56 Å². The lowest BCUT2D eigenvalue weighted by Gasteiger charge is -2.21. The van der Waals surface area contributed by atoms with Crippen LogP contribution in [0.1, 0.15) is 18.6 Å². The van der Waals surface area contributed by atoms with E-state index < -0.39 is 12.5 Å². The monoisotopic (exact) mass is 293 g/mol. The highest BCUT2D eigenvalue weighted by Crippen LogP contribution is 2.29. The molecule has 1 rings (SSSR count). The molecule has 0 saturated carbocycles. The van der Waals surface area contributed by atoms with E-state index in [0.29, 0.717) is 10.2 Å². The topological polar surface area (TPSA) is 23.5 Å². The quantitative estimate of drug-likeness (QED) is 0.921. The van der Waals surface area contributed by atoms with E-state index in [1.54, 1.807) is 32.2 Å². The van der Waals surface area contributed by atoms with Crippen LogP contribution in [0.4, 0.5) is 14.5 Å². The lowest BCUT2D eigenvalue weighted by Crippen LogP contribution is -2.24. The molecule has 1 atom stereocenters. The third-order valence-corrected chi connectivity index (χ3v) is 2.91. The van der Waals surface area contributed by atoms with Crippen LogP contribution in [-0.2, 0) is 0 Å². The third kappa shape index (κ3) is 3.42. The van der Waals surface area contributed by atoms with E-state index in [9.17, 15) is 13.9 Å². The molecule has 0 amide bonds. The predicted octanol–water partition coefficient (Wildman–Crippen LogP) is 3.20. The second-order valence-corrected chi connectivity index (χ2v) is 4.51. The molecule has 0 heterocycles. The van der Waals surface area contributed by atoms with Crippen molar-refractivity contribution in [3.05, 3.63) is 28.2 Å². The lowest BCUT2D eigenvalue weighted by atomic mass is 10.1. The largest absolute Gasteiger partial charge is 0.389 e. The lowest BCUT2D eigenvalue weighted by molar-refractivity contribution is 0.156. The van der Waals surface area contributed by atoms with Crippen molar-refractivity contribution < 1.29 is 13.9 Å². The predicted molar refractivity (Wildman–Crippen MR) is 64.0 cm³/mol. The zero-order valence-electron chi connectivity index (χ0n) is 9.12. The molecule has 0 aliphatic carbocycles. The summed E-state index contributed by atoms with van der Waals surface area (Å²) in [4.78, 5) is 1.47. The second kappa shape index (κ2) is 5.59. The SMILES string of the molecule is C[C@@H](O)c1ccc(N(C)CC(F)F)c(Br)c1. The van der Waals surface area contributed by atoms with Crippen molar-refractivity contribution in [1.82, 2.24) is 0 Å². The Morgan fingerprint density at radius 2 is 2.06 bits per heavy atom. The van der Waals surface area contributed by atoms with Crippen LogP contribution in [-0.4, -0.2) is 25.1 Å². The van der Waals surface area contributed by atoms with Crippen LogP contribution in [0.3, 0.4) is 0 Å². The first-order valence-electron chi connectivity index (χ1n) is 4.88. The number of anilines is 1. The molecule has 0 saturated heterocycles. The summed E-state index contributed by atoms with van der Waals surface area (Å²) in [6.07, 6.45) is -2.93. The fraction of sp³-hybridized carbons (Fsp3) is 0.455. The molecule has 90 valence electrons. The van der Waals surface area contributed by atoms with Crippen molar-refractivity contribution in [3.8, 4) is 0 Å². The van der Waals surface area contributed by atoms with Crippen molar-refractivity contribution in [2.75, 3.05) is 18.5 Å². The van der Waals surface area contributed by atoms with Crippen molar-refractivity contribution in [2.45, 2.75) is 19.5 Å².